The lowest BCUT2D eigenvalue weighted by Gasteiger charge is -2.18. The molecule has 1 aromatic heterocycles. The number of para-hydroxylation sites is 2. The Hall–Kier alpha value is -2.21. The quantitative estimate of drug-likeness (QED) is 0.552. The highest BCUT2D eigenvalue weighted by Crippen LogP contribution is 2.21. The van der Waals surface area contributed by atoms with Crippen molar-refractivity contribution >= 4 is 22.5 Å². The summed E-state index contributed by atoms with van der Waals surface area (Å²) in [6.07, 6.45) is 0. The highest BCUT2D eigenvalue weighted by Gasteiger charge is 2.14. The molecule has 0 saturated carbocycles. The SMILES string of the molecule is CCN(CC)CCOCc1nc2ccccc2c(=O)n1-c1ccccc1Cl. The Balaban J connectivity index is 1.97. The van der Waals surface area contributed by atoms with Crippen molar-refractivity contribution in [2.24, 2.45) is 0 Å². The fourth-order valence-corrected chi connectivity index (χ4v) is 3.27. The number of fused-ring (bicyclic) bond motifs is 1. The zero-order chi connectivity index (χ0) is 19.2. The summed E-state index contributed by atoms with van der Waals surface area (Å²) in [5.41, 5.74) is 1.13. The summed E-state index contributed by atoms with van der Waals surface area (Å²) in [6.45, 7) is 7.89. The van der Waals surface area contributed by atoms with Crippen molar-refractivity contribution < 1.29 is 4.74 Å². The van der Waals surface area contributed by atoms with Gasteiger partial charge in [0.1, 0.15) is 12.4 Å². The normalized spacial score (nSPS) is 11.4. The molecule has 0 bridgehead atoms. The summed E-state index contributed by atoms with van der Waals surface area (Å²) < 4.78 is 7.41. The Kier molecular flexibility index (Phi) is 6.61. The van der Waals surface area contributed by atoms with Gasteiger partial charge in [-0.05, 0) is 37.4 Å². The average Bonchev–Trinajstić information content (AvgIpc) is 2.69. The van der Waals surface area contributed by atoms with E-state index in [0.29, 0.717) is 34.0 Å². The topological polar surface area (TPSA) is 47.4 Å². The number of hydrogen-bond acceptors (Lipinski definition) is 4. The standard InChI is InChI=1S/C21H24ClN3O2/c1-3-24(4-2)13-14-27-15-20-23-18-11-7-5-9-16(18)21(26)25(20)19-12-8-6-10-17(19)22/h5-12H,3-4,13-15H2,1-2H3. The predicted molar refractivity (Wildman–Crippen MR) is 110 cm³/mol. The maximum Gasteiger partial charge on any atom is 0.266 e. The molecule has 142 valence electrons. The van der Waals surface area contributed by atoms with Gasteiger partial charge in [-0.1, -0.05) is 49.7 Å². The summed E-state index contributed by atoms with van der Waals surface area (Å²) in [5.74, 6) is 0.548. The van der Waals surface area contributed by atoms with Crippen molar-refractivity contribution in [3.63, 3.8) is 0 Å². The van der Waals surface area contributed by atoms with Gasteiger partial charge in [-0.2, -0.15) is 0 Å². The average molecular weight is 386 g/mol. The van der Waals surface area contributed by atoms with Gasteiger partial charge in [-0.15, -0.1) is 0 Å². The Morgan fingerprint density at radius 3 is 2.52 bits per heavy atom. The summed E-state index contributed by atoms with van der Waals surface area (Å²) in [5, 5.41) is 1.06. The molecular weight excluding hydrogens is 362 g/mol. The van der Waals surface area contributed by atoms with Crippen LogP contribution in [0, 0.1) is 0 Å². The molecule has 1 heterocycles. The number of benzene rings is 2. The van der Waals surface area contributed by atoms with Gasteiger partial charge in [0.2, 0.25) is 0 Å². The number of ether oxygens (including phenoxy) is 1. The summed E-state index contributed by atoms with van der Waals surface area (Å²) in [7, 11) is 0. The van der Waals surface area contributed by atoms with Crippen molar-refractivity contribution in [2.75, 3.05) is 26.2 Å². The van der Waals surface area contributed by atoms with Crippen LogP contribution < -0.4 is 5.56 Å². The summed E-state index contributed by atoms with van der Waals surface area (Å²) in [4.78, 5) is 20.1. The highest BCUT2D eigenvalue weighted by atomic mass is 35.5. The Labute approximate surface area is 164 Å². The Morgan fingerprint density at radius 1 is 1.07 bits per heavy atom. The molecule has 3 aromatic rings. The van der Waals surface area contributed by atoms with Gasteiger partial charge in [0.15, 0.2) is 0 Å². The fraction of sp³-hybridized carbons (Fsp3) is 0.333. The first kappa shape index (κ1) is 19.5. The first-order valence-corrected chi connectivity index (χ1v) is 9.59. The fourth-order valence-electron chi connectivity index (χ4n) is 3.05. The number of halogens is 1. The van der Waals surface area contributed by atoms with E-state index in [4.69, 9.17) is 16.3 Å². The highest BCUT2D eigenvalue weighted by molar-refractivity contribution is 6.32. The second kappa shape index (κ2) is 9.13. The van der Waals surface area contributed by atoms with Crippen LogP contribution in [0.4, 0.5) is 0 Å². The summed E-state index contributed by atoms with van der Waals surface area (Å²) >= 11 is 6.36. The van der Waals surface area contributed by atoms with E-state index in [1.807, 2.05) is 36.4 Å². The number of nitrogens with zero attached hydrogens (tertiary/aromatic N) is 3. The molecule has 0 saturated heterocycles. The van der Waals surface area contributed by atoms with Gasteiger partial charge >= 0.3 is 0 Å². The molecule has 5 nitrogen and oxygen atoms in total. The van der Waals surface area contributed by atoms with Crippen LogP contribution >= 0.6 is 11.6 Å². The monoisotopic (exact) mass is 385 g/mol. The zero-order valence-electron chi connectivity index (χ0n) is 15.7. The van der Waals surface area contributed by atoms with E-state index in [-0.39, 0.29) is 12.2 Å². The lowest BCUT2D eigenvalue weighted by Crippen LogP contribution is -2.28. The molecule has 2 aromatic carbocycles. The molecule has 0 amide bonds. The van der Waals surface area contributed by atoms with Gasteiger partial charge in [0.25, 0.3) is 5.56 Å². The third-order valence-electron chi connectivity index (χ3n) is 4.62. The minimum absolute atomic E-state index is 0.143. The maximum absolute atomic E-state index is 13.1. The van der Waals surface area contributed by atoms with Crippen LogP contribution in [0.2, 0.25) is 5.02 Å². The van der Waals surface area contributed by atoms with Crippen LogP contribution in [0.3, 0.4) is 0 Å². The smallest absolute Gasteiger partial charge is 0.266 e. The van der Waals surface area contributed by atoms with Crippen LogP contribution in [0.25, 0.3) is 16.6 Å². The minimum atomic E-state index is -0.143. The second-order valence-electron chi connectivity index (χ2n) is 6.22. The van der Waals surface area contributed by atoms with Crippen molar-refractivity contribution in [2.45, 2.75) is 20.5 Å². The van der Waals surface area contributed by atoms with Crippen LogP contribution in [-0.2, 0) is 11.3 Å². The van der Waals surface area contributed by atoms with Gasteiger partial charge in [0.05, 0.1) is 28.2 Å². The molecule has 0 radical (unpaired) electrons. The lowest BCUT2D eigenvalue weighted by molar-refractivity contribution is 0.0902. The molecule has 0 atom stereocenters. The van der Waals surface area contributed by atoms with Crippen molar-refractivity contribution in [3.8, 4) is 5.69 Å². The summed E-state index contributed by atoms with van der Waals surface area (Å²) in [6, 6.07) is 14.6. The molecule has 0 aliphatic rings. The zero-order valence-corrected chi connectivity index (χ0v) is 16.4. The number of hydrogen-bond donors (Lipinski definition) is 0. The third kappa shape index (κ3) is 4.38. The molecular formula is C21H24ClN3O2. The van der Waals surface area contributed by atoms with Gasteiger partial charge in [0, 0.05) is 6.54 Å². The molecule has 6 heteroatoms. The molecule has 0 aliphatic heterocycles. The van der Waals surface area contributed by atoms with Gasteiger partial charge in [-0.3, -0.25) is 9.36 Å². The van der Waals surface area contributed by atoms with E-state index in [9.17, 15) is 4.79 Å². The molecule has 0 N–H and O–H groups in total. The Morgan fingerprint density at radius 2 is 1.78 bits per heavy atom. The van der Waals surface area contributed by atoms with E-state index < -0.39 is 0 Å². The second-order valence-corrected chi connectivity index (χ2v) is 6.62. The van der Waals surface area contributed by atoms with Crippen LogP contribution in [0.5, 0.6) is 0 Å². The maximum atomic E-state index is 13.1. The number of rotatable bonds is 8. The molecule has 0 fully saturated rings. The van der Waals surface area contributed by atoms with E-state index >= 15 is 0 Å². The van der Waals surface area contributed by atoms with Crippen LogP contribution in [0.1, 0.15) is 19.7 Å². The largest absolute Gasteiger partial charge is 0.372 e. The number of likely N-dealkylation sites (N-methyl/N-ethyl adjacent to an activating group) is 1. The first-order chi connectivity index (χ1) is 13.2. The van der Waals surface area contributed by atoms with Crippen molar-refractivity contribution in [3.05, 3.63) is 69.7 Å². The van der Waals surface area contributed by atoms with E-state index in [0.717, 1.165) is 19.6 Å². The molecule has 0 spiro atoms. The van der Waals surface area contributed by atoms with Crippen LogP contribution in [0.15, 0.2) is 53.3 Å². The van der Waals surface area contributed by atoms with E-state index in [2.05, 4.69) is 23.7 Å². The molecule has 27 heavy (non-hydrogen) atoms. The first-order valence-electron chi connectivity index (χ1n) is 9.21. The van der Waals surface area contributed by atoms with E-state index in [1.165, 1.54) is 0 Å². The van der Waals surface area contributed by atoms with Crippen molar-refractivity contribution in [1.82, 2.24) is 14.5 Å². The van der Waals surface area contributed by atoms with Gasteiger partial charge in [-0.25, -0.2) is 4.98 Å². The van der Waals surface area contributed by atoms with Gasteiger partial charge < -0.3 is 9.64 Å². The van der Waals surface area contributed by atoms with E-state index in [1.54, 1.807) is 16.7 Å². The molecule has 3 rings (SSSR count). The third-order valence-corrected chi connectivity index (χ3v) is 4.94. The molecule has 0 aliphatic carbocycles. The van der Waals surface area contributed by atoms with Crippen molar-refractivity contribution in [1.29, 1.82) is 0 Å². The molecule has 0 unspecified atom stereocenters. The predicted octanol–water partition coefficient (Wildman–Crippen LogP) is 3.90. The number of aromatic nitrogens is 2. The minimum Gasteiger partial charge on any atom is -0.372 e. The Bertz CT molecular complexity index is 967. The van der Waals surface area contributed by atoms with Crippen LogP contribution in [-0.4, -0.2) is 40.7 Å². The lowest BCUT2D eigenvalue weighted by atomic mass is 10.2.